The Labute approximate surface area is 196 Å². The molecule has 0 aliphatic carbocycles. The Bertz CT molecular complexity index is 900. The van der Waals surface area contributed by atoms with Crippen molar-refractivity contribution in [3.05, 3.63) is 54.1 Å². The summed E-state index contributed by atoms with van der Waals surface area (Å²) in [6, 6.07) is 15.8. The number of rotatable bonds is 8. The molecule has 2 aromatic carbocycles. The van der Waals surface area contributed by atoms with Crippen LogP contribution >= 0.6 is 0 Å². The summed E-state index contributed by atoms with van der Waals surface area (Å²) in [7, 11) is 3.20. The van der Waals surface area contributed by atoms with E-state index in [1.165, 1.54) is 0 Å². The molecule has 4 rings (SSSR count). The lowest BCUT2D eigenvalue weighted by Crippen LogP contribution is -2.56. The molecule has 1 atom stereocenters. The fraction of sp³-hybridized carbons (Fsp3) is 0.500. The quantitative estimate of drug-likeness (QED) is 0.613. The molecule has 0 spiro atoms. The van der Waals surface area contributed by atoms with Gasteiger partial charge in [-0.3, -0.25) is 14.6 Å². The Morgan fingerprint density at radius 3 is 2.45 bits per heavy atom. The van der Waals surface area contributed by atoms with E-state index >= 15 is 0 Å². The van der Waals surface area contributed by atoms with Crippen LogP contribution in [0.15, 0.2) is 48.5 Å². The van der Waals surface area contributed by atoms with Crippen molar-refractivity contribution >= 4 is 5.91 Å². The Morgan fingerprint density at radius 1 is 0.939 bits per heavy atom. The molecular formula is C26H35N3O4. The van der Waals surface area contributed by atoms with Gasteiger partial charge in [0.15, 0.2) is 0 Å². The normalized spacial score (nSPS) is 19.8. The van der Waals surface area contributed by atoms with Crippen molar-refractivity contribution in [2.24, 2.45) is 0 Å². The van der Waals surface area contributed by atoms with Crippen LogP contribution in [0.1, 0.15) is 23.2 Å². The van der Waals surface area contributed by atoms with Crippen molar-refractivity contribution < 1.29 is 19.0 Å². The van der Waals surface area contributed by atoms with Crippen molar-refractivity contribution in [1.82, 2.24) is 14.7 Å². The summed E-state index contributed by atoms with van der Waals surface area (Å²) >= 11 is 0. The molecule has 2 aromatic rings. The van der Waals surface area contributed by atoms with Crippen molar-refractivity contribution in [2.75, 3.05) is 66.6 Å². The van der Waals surface area contributed by atoms with Crippen molar-refractivity contribution in [1.29, 1.82) is 0 Å². The van der Waals surface area contributed by atoms with Crippen LogP contribution in [0.25, 0.3) is 0 Å². The molecule has 2 fully saturated rings. The van der Waals surface area contributed by atoms with Crippen LogP contribution in [0.4, 0.5) is 0 Å². The van der Waals surface area contributed by atoms with Crippen LogP contribution < -0.4 is 14.2 Å². The topological polar surface area (TPSA) is 54.5 Å². The molecule has 1 unspecified atom stereocenters. The zero-order chi connectivity index (χ0) is 23.0. The molecule has 2 saturated heterocycles. The maximum atomic E-state index is 13.3. The van der Waals surface area contributed by atoms with Crippen LogP contribution in [0.3, 0.4) is 0 Å². The van der Waals surface area contributed by atoms with E-state index in [1.54, 1.807) is 26.4 Å². The second-order valence-electron chi connectivity index (χ2n) is 8.65. The van der Waals surface area contributed by atoms with Crippen LogP contribution in [0, 0.1) is 0 Å². The molecule has 0 saturated carbocycles. The van der Waals surface area contributed by atoms with E-state index in [4.69, 9.17) is 14.2 Å². The van der Waals surface area contributed by atoms with Gasteiger partial charge in [-0.05, 0) is 37.1 Å². The van der Waals surface area contributed by atoms with Gasteiger partial charge in [0.1, 0.15) is 23.9 Å². The predicted molar refractivity (Wildman–Crippen MR) is 128 cm³/mol. The predicted octanol–water partition coefficient (Wildman–Crippen LogP) is 3.01. The molecular weight excluding hydrogens is 418 g/mol. The minimum absolute atomic E-state index is 0.0379. The van der Waals surface area contributed by atoms with Crippen molar-refractivity contribution in [2.45, 2.75) is 18.9 Å². The first kappa shape index (κ1) is 23.4. The number of hydrogen-bond donors (Lipinski definition) is 0. The summed E-state index contributed by atoms with van der Waals surface area (Å²) in [5.74, 6) is 2.22. The van der Waals surface area contributed by atoms with Crippen LogP contribution in [0.5, 0.6) is 17.2 Å². The number of likely N-dealkylation sites (tertiary alicyclic amines) is 1. The Hall–Kier alpha value is -2.77. The summed E-state index contributed by atoms with van der Waals surface area (Å²) in [5, 5.41) is 0. The maximum absolute atomic E-state index is 13.3. The average Bonchev–Trinajstić information content (AvgIpc) is 2.89. The second-order valence-corrected chi connectivity index (χ2v) is 8.65. The minimum Gasteiger partial charge on any atom is -0.497 e. The zero-order valence-electron chi connectivity index (χ0n) is 19.7. The van der Waals surface area contributed by atoms with Crippen LogP contribution in [0.2, 0.25) is 0 Å². The number of piperazine rings is 1. The summed E-state index contributed by atoms with van der Waals surface area (Å²) in [5.41, 5.74) is 0.599. The Morgan fingerprint density at radius 2 is 1.73 bits per heavy atom. The van der Waals surface area contributed by atoms with E-state index < -0.39 is 0 Å². The smallest absolute Gasteiger partial charge is 0.257 e. The van der Waals surface area contributed by atoms with Gasteiger partial charge in [-0.15, -0.1) is 0 Å². The lowest BCUT2D eigenvalue weighted by Gasteiger charge is -2.43. The third-order valence-corrected chi connectivity index (χ3v) is 6.67. The van der Waals surface area contributed by atoms with Gasteiger partial charge in [0.2, 0.25) is 0 Å². The zero-order valence-corrected chi connectivity index (χ0v) is 19.7. The molecule has 0 bridgehead atoms. The van der Waals surface area contributed by atoms with Gasteiger partial charge in [-0.1, -0.05) is 18.2 Å². The number of carbonyl (C=O) groups excluding carboxylic acids is 1. The average molecular weight is 454 g/mol. The maximum Gasteiger partial charge on any atom is 0.257 e. The number of nitrogens with zero attached hydrogens (tertiary/aromatic N) is 3. The molecule has 0 N–H and O–H groups in total. The number of methoxy groups -OCH3 is 2. The highest BCUT2D eigenvalue weighted by Gasteiger charge is 2.31. The van der Waals surface area contributed by atoms with Crippen molar-refractivity contribution in [3.63, 3.8) is 0 Å². The first-order valence-electron chi connectivity index (χ1n) is 11.8. The monoisotopic (exact) mass is 453 g/mol. The number of ether oxygens (including phenoxy) is 3. The summed E-state index contributed by atoms with van der Waals surface area (Å²) in [4.78, 5) is 20.3. The van der Waals surface area contributed by atoms with Gasteiger partial charge in [-0.25, -0.2) is 0 Å². The number of benzene rings is 2. The molecule has 0 aromatic heterocycles. The summed E-state index contributed by atoms with van der Waals surface area (Å²) < 4.78 is 16.6. The molecule has 33 heavy (non-hydrogen) atoms. The fourth-order valence-corrected chi connectivity index (χ4v) is 4.74. The highest BCUT2D eigenvalue weighted by atomic mass is 16.5. The SMILES string of the molecule is COc1ccc(C(=O)N2CCCC(N3CCN(CCOc4ccccc4)CC3)C2)c(OC)c1. The lowest BCUT2D eigenvalue weighted by atomic mass is 10.0. The lowest BCUT2D eigenvalue weighted by molar-refractivity contribution is 0.0397. The minimum atomic E-state index is 0.0379. The standard InChI is InChI=1S/C26H35N3O4/c1-31-23-10-11-24(25(19-23)32-2)26(30)29-12-6-7-21(20-29)28-15-13-27(14-16-28)17-18-33-22-8-4-3-5-9-22/h3-5,8-11,19,21H,6-7,12-18,20H2,1-2H3. The van der Waals surface area contributed by atoms with Crippen LogP contribution in [-0.2, 0) is 0 Å². The van der Waals surface area contributed by atoms with E-state index in [1.807, 2.05) is 41.3 Å². The van der Waals surface area contributed by atoms with E-state index in [0.717, 1.165) is 64.4 Å². The first-order valence-corrected chi connectivity index (χ1v) is 11.8. The van der Waals surface area contributed by atoms with E-state index in [0.29, 0.717) is 29.7 Å². The highest BCUT2D eigenvalue weighted by molar-refractivity contribution is 5.97. The number of para-hydroxylation sites is 1. The third kappa shape index (κ3) is 5.97. The first-order chi connectivity index (χ1) is 16.2. The van der Waals surface area contributed by atoms with Crippen LogP contribution in [-0.4, -0.2) is 93.3 Å². The van der Waals surface area contributed by atoms with Gasteiger partial charge < -0.3 is 19.1 Å². The molecule has 7 nitrogen and oxygen atoms in total. The Balaban J connectivity index is 1.26. The molecule has 7 heteroatoms. The van der Waals surface area contributed by atoms with Gasteiger partial charge >= 0.3 is 0 Å². The van der Waals surface area contributed by atoms with Crippen molar-refractivity contribution in [3.8, 4) is 17.2 Å². The number of carbonyl (C=O) groups is 1. The fourth-order valence-electron chi connectivity index (χ4n) is 4.74. The highest BCUT2D eigenvalue weighted by Crippen LogP contribution is 2.27. The largest absolute Gasteiger partial charge is 0.497 e. The van der Waals surface area contributed by atoms with Gasteiger partial charge in [0.25, 0.3) is 5.91 Å². The van der Waals surface area contributed by atoms with Gasteiger partial charge in [-0.2, -0.15) is 0 Å². The molecule has 2 heterocycles. The van der Waals surface area contributed by atoms with Gasteiger partial charge in [0, 0.05) is 57.9 Å². The third-order valence-electron chi connectivity index (χ3n) is 6.67. The number of hydrogen-bond acceptors (Lipinski definition) is 6. The summed E-state index contributed by atoms with van der Waals surface area (Å²) in [6.07, 6.45) is 2.17. The molecule has 2 aliphatic rings. The van der Waals surface area contributed by atoms with E-state index in [9.17, 15) is 4.79 Å². The summed E-state index contributed by atoms with van der Waals surface area (Å²) in [6.45, 7) is 7.35. The molecule has 1 amide bonds. The Kier molecular flexibility index (Phi) is 8.07. The second kappa shape index (κ2) is 11.4. The molecule has 0 radical (unpaired) electrons. The number of amides is 1. The number of piperidine rings is 1. The van der Waals surface area contributed by atoms with Gasteiger partial charge in [0.05, 0.1) is 19.8 Å². The molecule has 178 valence electrons. The molecule has 2 aliphatic heterocycles. The van der Waals surface area contributed by atoms with E-state index in [2.05, 4.69) is 9.80 Å². The van der Waals surface area contributed by atoms with E-state index in [-0.39, 0.29) is 5.91 Å².